The molecule has 11 heteroatoms. The summed E-state index contributed by atoms with van der Waals surface area (Å²) in [5, 5.41) is 8.76. The van der Waals surface area contributed by atoms with Gasteiger partial charge >= 0.3 is 0 Å². The van der Waals surface area contributed by atoms with Crippen LogP contribution in [0.2, 0.25) is 5.02 Å². The Morgan fingerprint density at radius 1 is 0.830 bits per heavy atom. The van der Waals surface area contributed by atoms with Gasteiger partial charge in [-0.25, -0.2) is 0 Å². The second kappa shape index (κ2) is 16.6. The number of carbonyl (C=O) groups is 3. The summed E-state index contributed by atoms with van der Waals surface area (Å²) in [7, 11) is 4.50. The molecule has 0 heterocycles. The van der Waals surface area contributed by atoms with Crippen molar-refractivity contribution in [3.05, 3.63) is 112 Å². The first kappa shape index (κ1) is 34.9. The molecule has 4 aromatic carbocycles. The molecule has 4 rings (SSSR count). The van der Waals surface area contributed by atoms with Crippen molar-refractivity contribution < 1.29 is 28.6 Å². The number of nitrogens with one attached hydrogen (secondary N) is 3. The number of hydrogen-bond donors (Lipinski definition) is 3. The molecular weight excluding hydrogens is 638 g/mol. The van der Waals surface area contributed by atoms with Gasteiger partial charge in [0.05, 0.1) is 26.6 Å². The Hall–Kier alpha value is -4.93. The minimum atomic E-state index is -0.575. The van der Waals surface area contributed by atoms with Gasteiger partial charge < -0.3 is 30.2 Å². The topological polar surface area (TPSA) is 115 Å². The molecule has 0 aliphatic heterocycles. The molecule has 47 heavy (non-hydrogen) atoms. The first-order chi connectivity index (χ1) is 22.7. The number of halogens is 1. The van der Waals surface area contributed by atoms with Crippen LogP contribution in [0.1, 0.15) is 34.8 Å². The molecule has 3 N–H and O–H groups in total. The lowest BCUT2D eigenvalue weighted by molar-refractivity contribution is -0.116. The van der Waals surface area contributed by atoms with Gasteiger partial charge in [0.1, 0.15) is 11.4 Å². The van der Waals surface area contributed by atoms with Crippen molar-refractivity contribution in [1.82, 2.24) is 5.32 Å². The molecule has 0 spiro atoms. The highest BCUT2D eigenvalue weighted by Gasteiger charge is 2.21. The van der Waals surface area contributed by atoms with E-state index in [0.29, 0.717) is 51.2 Å². The van der Waals surface area contributed by atoms with Crippen molar-refractivity contribution in [3.63, 3.8) is 0 Å². The van der Waals surface area contributed by atoms with Gasteiger partial charge in [-0.05, 0) is 73.5 Å². The lowest BCUT2D eigenvalue weighted by atomic mass is 10.1. The van der Waals surface area contributed by atoms with E-state index in [0.717, 1.165) is 10.5 Å². The minimum Gasteiger partial charge on any atom is -0.496 e. The fourth-order valence-corrected chi connectivity index (χ4v) is 5.74. The maximum atomic E-state index is 13.7. The second-order valence-corrected chi connectivity index (χ2v) is 11.9. The van der Waals surface area contributed by atoms with Crippen molar-refractivity contribution in [2.24, 2.45) is 0 Å². The lowest BCUT2D eigenvalue weighted by Crippen LogP contribution is -2.30. The zero-order valence-corrected chi connectivity index (χ0v) is 28.3. The summed E-state index contributed by atoms with van der Waals surface area (Å²) in [5.74, 6) is 0.0551. The van der Waals surface area contributed by atoms with Crippen LogP contribution in [0.25, 0.3) is 6.08 Å². The van der Waals surface area contributed by atoms with Gasteiger partial charge in [-0.3, -0.25) is 14.4 Å². The molecule has 3 amide bonds. The quantitative estimate of drug-likeness (QED) is 0.0989. The number of benzene rings is 4. The summed E-state index contributed by atoms with van der Waals surface area (Å²) < 4.78 is 16.4. The highest BCUT2D eigenvalue weighted by atomic mass is 35.5. The molecule has 244 valence electrons. The number of amides is 3. The smallest absolute Gasteiger partial charge is 0.272 e. The van der Waals surface area contributed by atoms with Crippen LogP contribution in [0.5, 0.6) is 17.2 Å². The Balaban J connectivity index is 1.59. The molecule has 1 atom stereocenters. The normalized spacial score (nSPS) is 11.7. The summed E-state index contributed by atoms with van der Waals surface area (Å²) >= 11 is 7.61. The molecule has 9 nitrogen and oxygen atoms in total. The molecule has 0 radical (unpaired) electrons. The van der Waals surface area contributed by atoms with E-state index in [9.17, 15) is 14.4 Å². The molecule has 0 aliphatic rings. The number of carbonyl (C=O) groups excluding carboxylic acids is 3. The van der Waals surface area contributed by atoms with Crippen LogP contribution in [0.3, 0.4) is 0 Å². The highest BCUT2D eigenvalue weighted by molar-refractivity contribution is 8.00. The van der Waals surface area contributed by atoms with Gasteiger partial charge in [-0.1, -0.05) is 48.9 Å². The Kier molecular flexibility index (Phi) is 12.3. The predicted molar refractivity (Wildman–Crippen MR) is 188 cm³/mol. The van der Waals surface area contributed by atoms with Crippen LogP contribution >= 0.6 is 23.4 Å². The van der Waals surface area contributed by atoms with Gasteiger partial charge in [-0.2, -0.15) is 0 Å². The molecular formula is C36H36ClN3O6S. The lowest BCUT2D eigenvalue weighted by Gasteiger charge is -2.17. The van der Waals surface area contributed by atoms with E-state index in [1.165, 1.54) is 39.2 Å². The van der Waals surface area contributed by atoms with E-state index in [4.69, 9.17) is 25.8 Å². The van der Waals surface area contributed by atoms with Gasteiger partial charge in [-0.15, -0.1) is 11.8 Å². The number of methoxy groups -OCH3 is 3. The Morgan fingerprint density at radius 2 is 1.51 bits per heavy atom. The van der Waals surface area contributed by atoms with Crippen molar-refractivity contribution in [2.45, 2.75) is 30.4 Å². The van der Waals surface area contributed by atoms with E-state index in [1.807, 2.05) is 26.0 Å². The molecule has 0 saturated carbocycles. The van der Waals surface area contributed by atoms with Crippen LogP contribution in [0.15, 0.2) is 95.5 Å². The number of thioether (sulfide) groups is 1. The Bertz CT molecular complexity index is 1780. The standard InChI is InChI=1S/C36H36ClN3O6S/c1-6-33(36(43)39-28-17-11-16-27(37)22(28)2)47-26-15-10-14-25(20-26)38-35(42)29(40-34(41)23-12-8-7-9-13-23)18-24-19-31(45-4)32(46-5)21-30(24)44-3/h7-21,33H,6H2,1-5H3,(H,38,42)(H,39,43)(H,40,41)/b29-18+. The molecule has 0 fully saturated rings. The Labute approximate surface area is 283 Å². The molecule has 1 unspecified atom stereocenters. The average Bonchev–Trinajstić information content (AvgIpc) is 3.09. The fourth-order valence-electron chi connectivity index (χ4n) is 4.55. The van der Waals surface area contributed by atoms with Crippen LogP contribution in [-0.4, -0.2) is 44.3 Å². The monoisotopic (exact) mass is 673 g/mol. The number of anilines is 2. The third-order valence-electron chi connectivity index (χ3n) is 7.12. The van der Waals surface area contributed by atoms with E-state index < -0.39 is 17.1 Å². The van der Waals surface area contributed by atoms with Gasteiger partial charge in [0.15, 0.2) is 11.5 Å². The summed E-state index contributed by atoms with van der Waals surface area (Å²) in [6.07, 6.45) is 2.07. The zero-order chi connectivity index (χ0) is 33.9. The van der Waals surface area contributed by atoms with Gasteiger partial charge in [0.25, 0.3) is 11.8 Å². The number of ether oxygens (including phenoxy) is 3. The van der Waals surface area contributed by atoms with E-state index in [-0.39, 0.29) is 11.6 Å². The molecule has 0 bridgehead atoms. The van der Waals surface area contributed by atoms with Crippen molar-refractivity contribution in [3.8, 4) is 17.2 Å². The maximum absolute atomic E-state index is 13.7. The summed E-state index contributed by atoms with van der Waals surface area (Å²) in [6, 6.07) is 24.4. The largest absolute Gasteiger partial charge is 0.496 e. The fraction of sp³-hybridized carbons (Fsp3) is 0.194. The van der Waals surface area contributed by atoms with Crippen LogP contribution < -0.4 is 30.2 Å². The van der Waals surface area contributed by atoms with Crippen LogP contribution in [-0.2, 0) is 9.59 Å². The molecule has 4 aromatic rings. The van der Waals surface area contributed by atoms with Gasteiger partial charge in [0, 0.05) is 38.5 Å². The van der Waals surface area contributed by atoms with Gasteiger partial charge in [0.2, 0.25) is 5.91 Å². The number of hydrogen-bond acceptors (Lipinski definition) is 7. The SMILES string of the molecule is CCC(Sc1cccc(NC(=O)/C(=C\c2cc(OC)c(OC)cc2OC)NC(=O)c2ccccc2)c1)C(=O)Nc1cccc(Cl)c1C. The minimum absolute atomic E-state index is 0.0369. The Morgan fingerprint density at radius 3 is 2.19 bits per heavy atom. The second-order valence-electron chi connectivity index (χ2n) is 10.2. The summed E-state index contributed by atoms with van der Waals surface area (Å²) in [5.41, 5.74) is 2.73. The van der Waals surface area contributed by atoms with E-state index >= 15 is 0 Å². The maximum Gasteiger partial charge on any atom is 0.272 e. The average molecular weight is 674 g/mol. The van der Waals surface area contributed by atoms with Crippen LogP contribution in [0.4, 0.5) is 11.4 Å². The highest BCUT2D eigenvalue weighted by Crippen LogP contribution is 2.36. The van der Waals surface area contributed by atoms with E-state index in [1.54, 1.807) is 72.8 Å². The molecule has 0 aliphatic carbocycles. The van der Waals surface area contributed by atoms with E-state index in [2.05, 4.69) is 16.0 Å². The summed E-state index contributed by atoms with van der Waals surface area (Å²) in [4.78, 5) is 40.9. The molecule has 0 aromatic heterocycles. The van der Waals surface area contributed by atoms with Crippen molar-refractivity contribution in [1.29, 1.82) is 0 Å². The first-order valence-corrected chi connectivity index (χ1v) is 15.9. The first-order valence-electron chi connectivity index (χ1n) is 14.7. The van der Waals surface area contributed by atoms with Crippen molar-refractivity contribution >= 4 is 58.5 Å². The van der Waals surface area contributed by atoms with Crippen molar-refractivity contribution in [2.75, 3.05) is 32.0 Å². The zero-order valence-electron chi connectivity index (χ0n) is 26.7. The predicted octanol–water partition coefficient (Wildman–Crippen LogP) is 7.59. The third kappa shape index (κ3) is 9.08. The summed E-state index contributed by atoms with van der Waals surface area (Å²) in [6.45, 7) is 3.78. The van der Waals surface area contributed by atoms with Crippen LogP contribution in [0, 0.1) is 6.92 Å². The number of rotatable bonds is 13. The molecule has 0 saturated heterocycles. The third-order valence-corrected chi connectivity index (χ3v) is 8.89.